The first-order valence-corrected chi connectivity index (χ1v) is 12.3. The summed E-state index contributed by atoms with van der Waals surface area (Å²) in [7, 11) is -1.65. The van der Waals surface area contributed by atoms with Gasteiger partial charge in [0.25, 0.3) is 0 Å². The van der Waals surface area contributed by atoms with Crippen LogP contribution in [-0.4, -0.2) is 19.3 Å². The van der Waals surface area contributed by atoms with E-state index in [1.165, 1.54) is 17.7 Å². The molecule has 2 aromatic rings. The van der Waals surface area contributed by atoms with E-state index in [2.05, 4.69) is 88.4 Å². The Labute approximate surface area is 154 Å². The van der Waals surface area contributed by atoms with E-state index >= 15 is 0 Å². The summed E-state index contributed by atoms with van der Waals surface area (Å²) < 4.78 is 0. The predicted octanol–water partition coefficient (Wildman–Crippen LogP) is 5.11. The molecule has 3 rings (SSSR count). The maximum atomic E-state index is 10.9. The fraction of sp³-hybridized carbons (Fsp3) is 0.478. The third-order valence-electron chi connectivity index (χ3n) is 7.45. The fourth-order valence-electron chi connectivity index (χ4n) is 5.15. The maximum Gasteiger partial charge on any atom is 0.0868 e. The lowest BCUT2D eigenvalue weighted by Crippen LogP contribution is -2.65. The van der Waals surface area contributed by atoms with Crippen LogP contribution in [0, 0.1) is 5.41 Å². The van der Waals surface area contributed by atoms with E-state index in [9.17, 15) is 5.11 Å². The van der Waals surface area contributed by atoms with Gasteiger partial charge in [0.1, 0.15) is 0 Å². The van der Waals surface area contributed by atoms with E-state index in [1.807, 2.05) is 0 Å². The third kappa shape index (κ3) is 2.80. The molecule has 0 radical (unpaired) electrons. The molecule has 2 heteroatoms. The first-order chi connectivity index (χ1) is 11.9. The van der Waals surface area contributed by atoms with Gasteiger partial charge in [0.15, 0.2) is 0 Å². The Morgan fingerprint density at radius 1 is 0.920 bits per heavy atom. The van der Waals surface area contributed by atoms with E-state index in [1.54, 1.807) is 5.19 Å². The highest BCUT2D eigenvalue weighted by molar-refractivity contribution is 6.91. The van der Waals surface area contributed by atoms with Gasteiger partial charge in [-0.15, -0.1) is 0 Å². The average Bonchev–Trinajstić information content (AvgIpc) is 2.67. The Morgan fingerprint density at radius 2 is 1.44 bits per heavy atom. The Kier molecular flexibility index (Phi) is 4.96. The quantitative estimate of drug-likeness (QED) is 0.716. The van der Waals surface area contributed by atoms with Crippen LogP contribution in [0.4, 0.5) is 0 Å². The Balaban J connectivity index is 2.01. The molecule has 1 aliphatic rings. The lowest BCUT2D eigenvalue weighted by molar-refractivity contribution is -0.115. The summed E-state index contributed by atoms with van der Waals surface area (Å²) in [5.74, 6) is 0. The molecule has 0 heterocycles. The van der Waals surface area contributed by atoms with Crippen molar-refractivity contribution in [3.63, 3.8) is 0 Å². The minimum Gasteiger partial charge on any atom is -0.393 e. The van der Waals surface area contributed by atoms with Gasteiger partial charge < -0.3 is 5.11 Å². The van der Waals surface area contributed by atoms with Gasteiger partial charge in [0, 0.05) is 10.8 Å². The lowest BCUT2D eigenvalue weighted by atomic mass is 9.47. The van der Waals surface area contributed by atoms with Gasteiger partial charge in [-0.05, 0) is 18.0 Å². The Bertz CT molecular complexity index is 695. The molecule has 0 amide bonds. The van der Waals surface area contributed by atoms with E-state index in [-0.39, 0.29) is 16.9 Å². The van der Waals surface area contributed by atoms with Gasteiger partial charge in [-0.1, -0.05) is 106 Å². The topological polar surface area (TPSA) is 20.2 Å². The highest BCUT2D eigenvalue weighted by Crippen LogP contribution is 2.61. The second-order valence-electron chi connectivity index (χ2n) is 8.37. The van der Waals surface area contributed by atoms with Gasteiger partial charge in [-0.25, -0.2) is 0 Å². The molecule has 1 saturated carbocycles. The van der Waals surface area contributed by atoms with Gasteiger partial charge in [-0.3, -0.25) is 0 Å². The number of rotatable bonds is 6. The highest BCUT2D eigenvalue weighted by atomic mass is 28.3. The van der Waals surface area contributed by atoms with Crippen LogP contribution in [0.3, 0.4) is 0 Å². The normalized spacial score (nSPS) is 29.2. The molecular formula is C23H32OSi. The summed E-state index contributed by atoms with van der Waals surface area (Å²) in [5, 5.41) is 12.4. The maximum absolute atomic E-state index is 10.9. The summed E-state index contributed by atoms with van der Waals surface area (Å²) in [6.07, 6.45) is 0.673. The molecule has 0 bridgehead atoms. The van der Waals surface area contributed by atoms with E-state index in [0.717, 1.165) is 12.5 Å². The van der Waals surface area contributed by atoms with E-state index in [4.69, 9.17) is 0 Å². The van der Waals surface area contributed by atoms with E-state index in [0.29, 0.717) is 0 Å². The summed E-state index contributed by atoms with van der Waals surface area (Å²) in [6.45, 7) is 9.42. The van der Waals surface area contributed by atoms with Crippen molar-refractivity contribution in [1.82, 2.24) is 0 Å². The van der Waals surface area contributed by atoms with Crippen LogP contribution in [0.1, 0.15) is 39.7 Å². The molecule has 1 N–H and O–H groups in total. The van der Waals surface area contributed by atoms with Crippen molar-refractivity contribution in [1.29, 1.82) is 0 Å². The monoisotopic (exact) mass is 352 g/mol. The number of aliphatic hydroxyl groups excluding tert-OH is 1. The zero-order valence-corrected chi connectivity index (χ0v) is 17.1. The van der Waals surface area contributed by atoms with Gasteiger partial charge in [-0.2, -0.15) is 0 Å². The standard InChI is InChI=1S/C23H32OSi/c1-5-25(6-2,20-15-11-8-12-16-20)18-23(4)21(24)17-22(23,3)19-13-9-7-10-14-19/h7-16,21,24H,5-6,17-18H2,1-4H3/t21-,22?,23?/m0/s1. The SMILES string of the molecule is CC[Si](CC)(CC1(C)[C@@H](O)CC1(C)c1ccccc1)c1ccccc1. The molecule has 0 aromatic heterocycles. The van der Waals surface area contributed by atoms with Crippen LogP contribution >= 0.6 is 0 Å². The van der Waals surface area contributed by atoms with Gasteiger partial charge >= 0.3 is 0 Å². The smallest absolute Gasteiger partial charge is 0.0868 e. The molecule has 0 spiro atoms. The molecule has 1 nitrogen and oxygen atoms in total. The summed E-state index contributed by atoms with van der Waals surface area (Å²) in [5.41, 5.74) is 1.39. The molecular weight excluding hydrogens is 320 g/mol. The molecule has 0 aliphatic heterocycles. The fourth-order valence-corrected chi connectivity index (χ4v) is 10.1. The van der Waals surface area contributed by atoms with Gasteiger partial charge in [0.2, 0.25) is 0 Å². The van der Waals surface area contributed by atoms with Crippen LogP contribution in [0.2, 0.25) is 18.1 Å². The zero-order valence-electron chi connectivity index (χ0n) is 16.1. The predicted molar refractivity (Wildman–Crippen MR) is 110 cm³/mol. The minimum atomic E-state index is -1.65. The molecule has 2 aromatic carbocycles. The minimum absolute atomic E-state index is 0.0531. The van der Waals surface area contributed by atoms with Crippen LogP contribution in [-0.2, 0) is 5.41 Å². The number of benzene rings is 2. The molecule has 134 valence electrons. The van der Waals surface area contributed by atoms with Crippen molar-refractivity contribution < 1.29 is 5.11 Å². The molecule has 1 fully saturated rings. The first-order valence-electron chi connectivity index (χ1n) is 9.71. The zero-order chi connectivity index (χ0) is 18.1. The Hall–Kier alpha value is -1.38. The Morgan fingerprint density at radius 3 is 1.92 bits per heavy atom. The second-order valence-corrected chi connectivity index (χ2v) is 13.3. The molecule has 2 unspecified atom stereocenters. The largest absolute Gasteiger partial charge is 0.393 e. The van der Waals surface area contributed by atoms with Crippen molar-refractivity contribution in [2.24, 2.45) is 5.41 Å². The number of hydrogen-bond acceptors (Lipinski definition) is 1. The van der Waals surface area contributed by atoms with Crippen LogP contribution in [0.5, 0.6) is 0 Å². The molecule has 3 atom stereocenters. The molecule has 1 aliphatic carbocycles. The summed E-state index contributed by atoms with van der Waals surface area (Å²) in [6, 6.07) is 25.6. The van der Waals surface area contributed by atoms with E-state index < -0.39 is 8.07 Å². The lowest BCUT2D eigenvalue weighted by Gasteiger charge is -2.62. The number of aliphatic hydroxyl groups is 1. The van der Waals surface area contributed by atoms with Crippen molar-refractivity contribution in [2.45, 2.75) is 63.8 Å². The van der Waals surface area contributed by atoms with Crippen molar-refractivity contribution in [2.75, 3.05) is 0 Å². The summed E-state index contributed by atoms with van der Waals surface area (Å²) in [4.78, 5) is 0. The van der Waals surface area contributed by atoms with Gasteiger partial charge in [0.05, 0.1) is 14.2 Å². The van der Waals surface area contributed by atoms with Crippen molar-refractivity contribution in [3.8, 4) is 0 Å². The third-order valence-corrected chi connectivity index (χ3v) is 13.1. The number of hydrogen-bond donors (Lipinski definition) is 1. The van der Waals surface area contributed by atoms with Crippen LogP contribution in [0.15, 0.2) is 60.7 Å². The first kappa shape index (κ1) is 18.4. The second kappa shape index (κ2) is 6.73. The molecule has 0 saturated heterocycles. The average molecular weight is 353 g/mol. The van der Waals surface area contributed by atoms with Crippen molar-refractivity contribution in [3.05, 3.63) is 66.2 Å². The summed E-state index contributed by atoms with van der Waals surface area (Å²) >= 11 is 0. The molecule has 25 heavy (non-hydrogen) atoms. The van der Waals surface area contributed by atoms with Crippen LogP contribution < -0.4 is 5.19 Å². The van der Waals surface area contributed by atoms with Crippen LogP contribution in [0.25, 0.3) is 0 Å². The van der Waals surface area contributed by atoms with Crippen molar-refractivity contribution >= 4 is 13.3 Å². The highest BCUT2D eigenvalue weighted by Gasteiger charge is 2.62.